The van der Waals surface area contributed by atoms with E-state index in [0.717, 1.165) is 60.4 Å². The molecule has 218 valence electrons. The second kappa shape index (κ2) is 10.7. The van der Waals surface area contributed by atoms with Crippen LogP contribution in [0.2, 0.25) is 0 Å². The van der Waals surface area contributed by atoms with Gasteiger partial charge in [0.1, 0.15) is 6.07 Å². The molecule has 0 radical (unpaired) electrons. The molecule has 0 unspecified atom stereocenters. The molecule has 0 N–H and O–H groups in total. The summed E-state index contributed by atoms with van der Waals surface area (Å²) in [4.78, 5) is 4.41. The second-order valence-corrected chi connectivity index (χ2v) is 11.3. The molecule has 0 aliphatic heterocycles. The first-order chi connectivity index (χ1) is 23.6. The van der Waals surface area contributed by atoms with Crippen LogP contribution in [-0.2, 0) is 0 Å². The largest absolute Gasteiger partial charge is 0.309 e. The van der Waals surface area contributed by atoms with Gasteiger partial charge in [0, 0.05) is 45.1 Å². The fraction of sp³-hybridized carbons (Fsp3) is 0. The summed E-state index contributed by atoms with van der Waals surface area (Å²) >= 11 is 0. The molecule has 3 heterocycles. The standard InChI is InChI=1S/C40H18N8/c41-18-24-3-7-35-31(12-24)32-13-25(19-42)4-8-36(32)47(35)39-17-30(28-2-1-11-46-23-28)40(16-29(39)22-45)48-37-9-5-26(20-43)14-33(37)34-15-27(21-44)6-10-38(34)48/h1-17,23H. The number of fused-ring (bicyclic) bond motifs is 6. The van der Waals surface area contributed by atoms with Crippen molar-refractivity contribution in [1.29, 1.82) is 26.3 Å². The minimum Gasteiger partial charge on any atom is -0.309 e. The smallest absolute Gasteiger partial charge is 0.101 e. The van der Waals surface area contributed by atoms with Gasteiger partial charge in [-0.3, -0.25) is 4.98 Å². The van der Waals surface area contributed by atoms with Gasteiger partial charge in [-0.25, -0.2) is 0 Å². The SMILES string of the molecule is N#Cc1ccc2c(c1)c1cc(C#N)ccc1n2-c1cc(-c2cccnc2)c(-n2c3ccc(C#N)cc3c3cc(C#N)ccc32)cc1C#N. The topological polar surface area (TPSA) is 142 Å². The highest BCUT2D eigenvalue weighted by molar-refractivity contribution is 6.12. The van der Waals surface area contributed by atoms with Crippen molar-refractivity contribution >= 4 is 43.6 Å². The fourth-order valence-electron chi connectivity index (χ4n) is 6.63. The molecule has 0 amide bonds. The van der Waals surface area contributed by atoms with Crippen molar-refractivity contribution in [2.45, 2.75) is 0 Å². The molecule has 0 fully saturated rings. The number of nitriles is 5. The third-order valence-corrected chi connectivity index (χ3v) is 8.74. The number of nitrogens with zero attached hydrogens (tertiary/aromatic N) is 8. The normalized spacial score (nSPS) is 10.8. The van der Waals surface area contributed by atoms with Gasteiger partial charge >= 0.3 is 0 Å². The van der Waals surface area contributed by atoms with Crippen LogP contribution in [0.1, 0.15) is 27.8 Å². The molecule has 0 spiro atoms. The summed E-state index contributed by atoms with van der Waals surface area (Å²) in [6, 6.07) is 40.7. The van der Waals surface area contributed by atoms with E-state index in [1.165, 1.54) is 0 Å². The van der Waals surface area contributed by atoms with Crippen molar-refractivity contribution in [2.75, 3.05) is 0 Å². The van der Waals surface area contributed by atoms with Crippen LogP contribution in [0.3, 0.4) is 0 Å². The van der Waals surface area contributed by atoms with Gasteiger partial charge in [0.25, 0.3) is 0 Å². The van der Waals surface area contributed by atoms with E-state index in [2.05, 4.69) is 39.9 Å². The lowest BCUT2D eigenvalue weighted by Gasteiger charge is -2.18. The Balaban J connectivity index is 1.52. The number of benzene rings is 5. The molecule has 0 aliphatic carbocycles. The molecular weight excluding hydrogens is 592 g/mol. The molecule has 0 bridgehead atoms. The Bertz CT molecular complexity index is 2750. The molecule has 0 atom stereocenters. The van der Waals surface area contributed by atoms with Crippen LogP contribution in [0.5, 0.6) is 0 Å². The Hall–Kier alpha value is -7.70. The Morgan fingerprint density at radius 1 is 0.458 bits per heavy atom. The Labute approximate surface area is 273 Å². The third kappa shape index (κ3) is 4.08. The monoisotopic (exact) mass is 610 g/mol. The number of rotatable bonds is 3. The minimum absolute atomic E-state index is 0.391. The van der Waals surface area contributed by atoms with Gasteiger partial charge in [0.15, 0.2) is 0 Å². The average Bonchev–Trinajstić information content (AvgIpc) is 3.65. The first-order valence-corrected chi connectivity index (χ1v) is 14.8. The van der Waals surface area contributed by atoms with Gasteiger partial charge in [-0.15, -0.1) is 0 Å². The van der Waals surface area contributed by atoms with Crippen molar-refractivity contribution in [1.82, 2.24) is 14.1 Å². The van der Waals surface area contributed by atoms with E-state index in [4.69, 9.17) is 0 Å². The molecule has 8 aromatic rings. The second-order valence-electron chi connectivity index (χ2n) is 11.3. The summed E-state index contributed by atoms with van der Waals surface area (Å²) < 4.78 is 4.06. The van der Waals surface area contributed by atoms with Gasteiger partial charge in [-0.05, 0) is 91.0 Å². The first-order valence-electron chi connectivity index (χ1n) is 14.8. The lowest BCUT2D eigenvalue weighted by Crippen LogP contribution is -2.04. The van der Waals surface area contributed by atoms with E-state index in [1.54, 1.807) is 48.8 Å². The van der Waals surface area contributed by atoms with Crippen molar-refractivity contribution in [3.05, 3.63) is 137 Å². The molecule has 0 saturated heterocycles. The van der Waals surface area contributed by atoms with Crippen molar-refractivity contribution in [3.8, 4) is 52.8 Å². The van der Waals surface area contributed by atoms with Crippen LogP contribution in [-0.4, -0.2) is 14.1 Å². The Morgan fingerprint density at radius 3 is 1.27 bits per heavy atom. The average molecular weight is 611 g/mol. The Morgan fingerprint density at radius 2 is 0.896 bits per heavy atom. The maximum atomic E-state index is 10.7. The highest BCUT2D eigenvalue weighted by Crippen LogP contribution is 2.41. The van der Waals surface area contributed by atoms with E-state index in [1.807, 2.05) is 65.2 Å². The molecular formula is C40H18N8. The summed E-state index contributed by atoms with van der Waals surface area (Å²) in [5.41, 5.74) is 8.49. The predicted octanol–water partition coefficient (Wildman–Crippen LogP) is 8.30. The summed E-state index contributed by atoms with van der Waals surface area (Å²) in [5.74, 6) is 0. The molecule has 3 aromatic heterocycles. The number of pyridine rings is 1. The van der Waals surface area contributed by atoms with Gasteiger partial charge in [-0.1, -0.05) is 6.07 Å². The molecule has 0 aliphatic rings. The van der Waals surface area contributed by atoms with E-state index >= 15 is 0 Å². The van der Waals surface area contributed by atoms with Crippen LogP contribution in [0.4, 0.5) is 0 Å². The molecule has 48 heavy (non-hydrogen) atoms. The molecule has 8 heteroatoms. The maximum Gasteiger partial charge on any atom is 0.101 e. The van der Waals surface area contributed by atoms with Crippen molar-refractivity contribution in [3.63, 3.8) is 0 Å². The molecule has 8 rings (SSSR count). The summed E-state index contributed by atoms with van der Waals surface area (Å²) in [7, 11) is 0. The highest BCUT2D eigenvalue weighted by Gasteiger charge is 2.22. The van der Waals surface area contributed by atoms with Crippen molar-refractivity contribution < 1.29 is 0 Å². The summed E-state index contributed by atoms with van der Waals surface area (Å²) in [6.45, 7) is 0. The zero-order valence-corrected chi connectivity index (χ0v) is 25.0. The van der Waals surface area contributed by atoms with Gasteiger partial charge in [-0.2, -0.15) is 26.3 Å². The molecule has 0 saturated carbocycles. The fourth-order valence-corrected chi connectivity index (χ4v) is 6.63. The van der Waals surface area contributed by atoms with E-state index < -0.39 is 0 Å². The first kappa shape index (κ1) is 27.8. The van der Waals surface area contributed by atoms with Crippen LogP contribution >= 0.6 is 0 Å². The van der Waals surface area contributed by atoms with Crippen molar-refractivity contribution in [2.24, 2.45) is 0 Å². The zero-order valence-electron chi connectivity index (χ0n) is 25.0. The molecule has 5 aromatic carbocycles. The van der Waals surface area contributed by atoms with E-state index in [-0.39, 0.29) is 0 Å². The van der Waals surface area contributed by atoms with Crippen LogP contribution < -0.4 is 0 Å². The van der Waals surface area contributed by atoms with Gasteiger partial charge in [0.2, 0.25) is 0 Å². The van der Waals surface area contributed by atoms with E-state index in [0.29, 0.717) is 33.5 Å². The zero-order chi connectivity index (χ0) is 32.9. The van der Waals surface area contributed by atoms with Gasteiger partial charge in [0.05, 0.1) is 85.5 Å². The molecule has 8 nitrogen and oxygen atoms in total. The highest BCUT2D eigenvalue weighted by atomic mass is 15.0. The van der Waals surface area contributed by atoms with Gasteiger partial charge < -0.3 is 9.13 Å². The number of hydrogen-bond acceptors (Lipinski definition) is 6. The lowest BCUT2D eigenvalue weighted by molar-refractivity contribution is 1.13. The quantitative estimate of drug-likeness (QED) is 0.197. The predicted molar refractivity (Wildman–Crippen MR) is 182 cm³/mol. The summed E-state index contributed by atoms with van der Waals surface area (Å²) in [5, 5.41) is 52.7. The maximum absolute atomic E-state index is 10.7. The number of aromatic nitrogens is 3. The van der Waals surface area contributed by atoms with Crippen LogP contribution in [0.25, 0.3) is 66.1 Å². The Kier molecular flexibility index (Phi) is 6.22. The minimum atomic E-state index is 0.391. The summed E-state index contributed by atoms with van der Waals surface area (Å²) in [6.07, 6.45) is 3.47. The third-order valence-electron chi connectivity index (χ3n) is 8.74. The van der Waals surface area contributed by atoms with Crippen LogP contribution in [0.15, 0.2) is 109 Å². The number of hydrogen-bond donors (Lipinski definition) is 0. The van der Waals surface area contributed by atoms with E-state index in [9.17, 15) is 26.3 Å². The lowest BCUT2D eigenvalue weighted by atomic mass is 10.0. The van der Waals surface area contributed by atoms with Crippen LogP contribution in [0, 0.1) is 56.7 Å².